The molecule has 2 aromatic carbocycles. The van der Waals surface area contributed by atoms with Crippen LogP contribution in [0, 0.1) is 12.8 Å². The summed E-state index contributed by atoms with van der Waals surface area (Å²) in [6.07, 6.45) is 3.65. The van der Waals surface area contributed by atoms with E-state index >= 15 is 0 Å². The molecule has 1 fully saturated rings. The maximum absolute atomic E-state index is 12.5. The standard InChI is InChI=1S/C27H31N5OS/c1-19-9-11-21(12-10-19)18-32-23-7-4-3-6-22(23)25-26(32)28-27(30-29-25)34-17-5-8-24(33)31-15-13-20(2)14-16-31/h3-4,6-7,9-12,20H,5,8,13-18H2,1-2H3. The van der Waals surface area contributed by atoms with Crippen LogP contribution < -0.4 is 0 Å². The third-order valence-electron chi connectivity index (χ3n) is 6.72. The third kappa shape index (κ3) is 4.94. The van der Waals surface area contributed by atoms with Gasteiger partial charge in [0, 0.05) is 37.2 Å². The molecule has 0 N–H and O–H groups in total. The zero-order chi connectivity index (χ0) is 23.5. The highest BCUT2D eigenvalue weighted by molar-refractivity contribution is 7.99. The lowest BCUT2D eigenvalue weighted by Gasteiger charge is -2.30. The number of aromatic nitrogens is 4. The highest BCUT2D eigenvalue weighted by Gasteiger charge is 2.20. The van der Waals surface area contributed by atoms with E-state index in [2.05, 4.69) is 71.1 Å². The Balaban J connectivity index is 1.30. The lowest BCUT2D eigenvalue weighted by atomic mass is 9.99. The van der Waals surface area contributed by atoms with Gasteiger partial charge in [-0.05, 0) is 43.7 Å². The molecular formula is C27H31N5OS. The van der Waals surface area contributed by atoms with Gasteiger partial charge in [0.15, 0.2) is 5.65 Å². The SMILES string of the molecule is Cc1ccc(Cn2c3ccccc3c3nnc(SCCCC(=O)N4CCC(C)CC4)nc32)cc1. The number of rotatable bonds is 7. The van der Waals surface area contributed by atoms with Gasteiger partial charge in [0.2, 0.25) is 11.1 Å². The van der Waals surface area contributed by atoms with Gasteiger partial charge in [0.05, 0.1) is 5.52 Å². The number of nitrogens with zero attached hydrogens (tertiary/aromatic N) is 5. The molecule has 1 aliphatic heterocycles. The number of carbonyl (C=O) groups is 1. The van der Waals surface area contributed by atoms with Crippen molar-refractivity contribution in [1.29, 1.82) is 0 Å². The van der Waals surface area contributed by atoms with Crippen molar-refractivity contribution >= 4 is 39.7 Å². The first-order valence-corrected chi connectivity index (χ1v) is 13.1. The smallest absolute Gasteiger partial charge is 0.222 e. The Morgan fingerprint density at radius 3 is 2.62 bits per heavy atom. The highest BCUT2D eigenvalue weighted by atomic mass is 32.2. The summed E-state index contributed by atoms with van der Waals surface area (Å²) in [5.74, 6) is 1.82. The first kappa shape index (κ1) is 22.8. The molecule has 5 rings (SSSR count). The Bertz CT molecular complexity index is 1290. The number of benzene rings is 2. The van der Waals surface area contributed by atoms with Crippen LogP contribution in [0.4, 0.5) is 0 Å². The normalized spacial score (nSPS) is 14.8. The summed E-state index contributed by atoms with van der Waals surface area (Å²) in [6.45, 7) is 6.91. The number of thioether (sulfide) groups is 1. The van der Waals surface area contributed by atoms with E-state index in [4.69, 9.17) is 4.98 Å². The first-order valence-electron chi connectivity index (χ1n) is 12.2. The molecule has 0 atom stereocenters. The Morgan fingerprint density at radius 2 is 1.82 bits per heavy atom. The Morgan fingerprint density at radius 1 is 1.06 bits per heavy atom. The summed E-state index contributed by atoms with van der Waals surface area (Å²) in [5, 5.41) is 10.7. The molecule has 0 bridgehead atoms. The molecule has 1 aliphatic rings. The molecule has 0 unspecified atom stereocenters. The number of para-hydroxylation sites is 1. The number of aryl methyl sites for hydroxylation is 1. The molecule has 0 radical (unpaired) electrons. The number of amides is 1. The molecule has 2 aromatic heterocycles. The largest absolute Gasteiger partial charge is 0.343 e. The minimum Gasteiger partial charge on any atom is -0.343 e. The van der Waals surface area contributed by atoms with E-state index in [0.717, 1.165) is 72.6 Å². The van der Waals surface area contributed by atoms with Crippen LogP contribution in [0.1, 0.15) is 43.7 Å². The molecule has 4 aromatic rings. The van der Waals surface area contributed by atoms with E-state index in [1.54, 1.807) is 11.8 Å². The maximum atomic E-state index is 12.5. The minimum absolute atomic E-state index is 0.278. The summed E-state index contributed by atoms with van der Waals surface area (Å²) in [7, 11) is 0. The summed E-state index contributed by atoms with van der Waals surface area (Å²) >= 11 is 1.58. The molecule has 0 spiro atoms. The van der Waals surface area contributed by atoms with Crippen LogP contribution >= 0.6 is 11.8 Å². The van der Waals surface area contributed by atoms with Gasteiger partial charge < -0.3 is 9.47 Å². The molecule has 3 heterocycles. The van der Waals surface area contributed by atoms with Gasteiger partial charge in [-0.15, -0.1) is 10.2 Å². The lowest BCUT2D eigenvalue weighted by molar-refractivity contribution is -0.132. The topological polar surface area (TPSA) is 63.9 Å². The number of piperidine rings is 1. The van der Waals surface area contributed by atoms with Gasteiger partial charge in [-0.3, -0.25) is 4.79 Å². The second kappa shape index (κ2) is 10.1. The number of carbonyl (C=O) groups excluding carboxylic acids is 1. The van der Waals surface area contributed by atoms with Crippen LogP contribution in [0.3, 0.4) is 0 Å². The van der Waals surface area contributed by atoms with Gasteiger partial charge in [-0.25, -0.2) is 4.98 Å². The molecule has 1 amide bonds. The van der Waals surface area contributed by atoms with E-state index in [1.165, 1.54) is 11.1 Å². The molecule has 0 saturated carbocycles. The van der Waals surface area contributed by atoms with Crippen LogP contribution in [0.2, 0.25) is 0 Å². The van der Waals surface area contributed by atoms with Crippen molar-refractivity contribution in [2.24, 2.45) is 5.92 Å². The second-order valence-electron chi connectivity index (χ2n) is 9.37. The molecule has 0 aliphatic carbocycles. The molecule has 1 saturated heterocycles. The molecular weight excluding hydrogens is 442 g/mol. The van der Waals surface area contributed by atoms with Crippen molar-refractivity contribution in [3.8, 4) is 0 Å². The van der Waals surface area contributed by atoms with E-state index in [0.29, 0.717) is 11.6 Å². The maximum Gasteiger partial charge on any atom is 0.222 e. The van der Waals surface area contributed by atoms with E-state index in [9.17, 15) is 4.79 Å². The fourth-order valence-electron chi connectivity index (χ4n) is 4.59. The number of fused-ring (bicyclic) bond motifs is 3. The Hall–Kier alpha value is -2.93. The van der Waals surface area contributed by atoms with Gasteiger partial charge in [0.1, 0.15) is 5.52 Å². The fraction of sp³-hybridized carbons (Fsp3) is 0.407. The summed E-state index contributed by atoms with van der Waals surface area (Å²) in [5.41, 5.74) is 5.29. The van der Waals surface area contributed by atoms with Crippen molar-refractivity contribution < 1.29 is 4.79 Å². The van der Waals surface area contributed by atoms with Gasteiger partial charge in [-0.1, -0.05) is 66.7 Å². The van der Waals surface area contributed by atoms with Gasteiger partial charge in [-0.2, -0.15) is 0 Å². The third-order valence-corrected chi connectivity index (χ3v) is 7.64. The quantitative estimate of drug-likeness (QED) is 0.263. The summed E-state index contributed by atoms with van der Waals surface area (Å²) in [6, 6.07) is 16.9. The Labute approximate surface area is 204 Å². The average molecular weight is 474 g/mol. The van der Waals surface area contributed by atoms with Crippen molar-refractivity contribution in [2.45, 2.75) is 51.2 Å². The lowest BCUT2D eigenvalue weighted by Crippen LogP contribution is -2.37. The molecule has 7 heteroatoms. The fourth-order valence-corrected chi connectivity index (χ4v) is 5.31. The molecule has 34 heavy (non-hydrogen) atoms. The zero-order valence-electron chi connectivity index (χ0n) is 19.9. The number of hydrogen-bond donors (Lipinski definition) is 0. The van der Waals surface area contributed by atoms with Crippen LogP contribution in [0.25, 0.3) is 22.1 Å². The van der Waals surface area contributed by atoms with Crippen LogP contribution in [-0.4, -0.2) is 49.4 Å². The monoisotopic (exact) mass is 473 g/mol. The summed E-state index contributed by atoms with van der Waals surface area (Å²) in [4.78, 5) is 19.4. The number of likely N-dealkylation sites (tertiary alicyclic amines) is 1. The Kier molecular flexibility index (Phi) is 6.81. The van der Waals surface area contributed by atoms with Crippen molar-refractivity contribution in [3.63, 3.8) is 0 Å². The zero-order valence-corrected chi connectivity index (χ0v) is 20.7. The molecule has 6 nitrogen and oxygen atoms in total. The van der Waals surface area contributed by atoms with Crippen LogP contribution in [0.5, 0.6) is 0 Å². The number of hydrogen-bond acceptors (Lipinski definition) is 5. The van der Waals surface area contributed by atoms with E-state index < -0.39 is 0 Å². The second-order valence-corrected chi connectivity index (χ2v) is 10.4. The van der Waals surface area contributed by atoms with Crippen molar-refractivity contribution in [3.05, 3.63) is 59.7 Å². The minimum atomic E-state index is 0.278. The summed E-state index contributed by atoms with van der Waals surface area (Å²) < 4.78 is 2.23. The average Bonchev–Trinajstić information content (AvgIpc) is 3.16. The first-order chi connectivity index (χ1) is 16.6. The van der Waals surface area contributed by atoms with Gasteiger partial charge in [0.25, 0.3) is 0 Å². The predicted octanol–water partition coefficient (Wildman–Crippen LogP) is 5.47. The highest BCUT2D eigenvalue weighted by Crippen LogP contribution is 2.28. The van der Waals surface area contributed by atoms with Crippen LogP contribution in [0.15, 0.2) is 53.7 Å². The van der Waals surface area contributed by atoms with Gasteiger partial charge >= 0.3 is 0 Å². The predicted molar refractivity (Wildman–Crippen MR) is 138 cm³/mol. The van der Waals surface area contributed by atoms with E-state index in [-0.39, 0.29) is 5.91 Å². The van der Waals surface area contributed by atoms with E-state index in [1.807, 2.05) is 11.0 Å². The van der Waals surface area contributed by atoms with Crippen molar-refractivity contribution in [2.75, 3.05) is 18.8 Å². The van der Waals surface area contributed by atoms with Crippen LogP contribution in [-0.2, 0) is 11.3 Å². The van der Waals surface area contributed by atoms with Crippen molar-refractivity contribution in [1.82, 2.24) is 24.6 Å². The molecule has 176 valence electrons.